The highest BCUT2D eigenvalue weighted by Gasteiger charge is 2.09. The summed E-state index contributed by atoms with van der Waals surface area (Å²) in [5.41, 5.74) is 0. The fourth-order valence-electron chi connectivity index (χ4n) is 1.29. The summed E-state index contributed by atoms with van der Waals surface area (Å²) in [5.74, 6) is 0. The standard InChI is InChI=1S/C11H21N3OS3/c1-4-15-7-5-6-12-8-9(2)17-11-14-13-10(16-3)18-11/h9,12H,4-8H2,1-3H3. The lowest BCUT2D eigenvalue weighted by molar-refractivity contribution is 0.145. The number of hydrogen-bond donors (Lipinski definition) is 1. The molecule has 1 rings (SSSR count). The van der Waals surface area contributed by atoms with Crippen LogP contribution in [0.15, 0.2) is 8.68 Å². The van der Waals surface area contributed by atoms with Crippen molar-refractivity contribution >= 4 is 34.9 Å². The van der Waals surface area contributed by atoms with Gasteiger partial charge in [0.2, 0.25) is 0 Å². The molecule has 0 bridgehead atoms. The highest BCUT2D eigenvalue weighted by Crippen LogP contribution is 2.29. The van der Waals surface area contributed by atoms with Crippen molar-refractivity contribution < 1.29 is 4.74 Å². The molecule has 4 nitrogen and oxygen atoms in total. The van der Waals surface area contributed by atoms with E-state index in [1.54, 1.807) is 34.9 Å². The third kappa shape index (κ3) is 6.94. The normalized spacial score (nSPS) is 12.8. The van der Waals surface area contributed by atoms with Gasteiger partial charge in [-0.15, -0.1) is 10.2 Å². The van der Waals surface area contributed by atoms with E-state index in [1.807, 2.05) is 13.2 Å². The Morgan fingerprint density at radius 3 is 2.83 bits per heavy atom. The van der Waals surface area contributed by atoms with E-state index < -0.39 is 0 Å². The summed E-state index contributed by atoms with van der Waals surface area (Å²) in [6.07, 6.45) is 3.10. The molecule has 1 heterocycles. The van der Waals surface area contributed by atoms with Gasteiger partial charge >= 0.3 is 0 Å². The Labute approximate surface area is 122 Å². The van der Waals surface area contributed by atoms with Crippen molar-refractivity contribution in [3.8, 4) is 0 Å². The fraction of sp³-hybridized carbons (Fsp3) is 0.818. The van der Waals surface area contributed by atoms with Crippen molar-refractivity contribution in [1.82, 2.24) is 15.5 Å². The number of nitrogens with zero attached hydrogens (tertiary/aromatic N) is 2. The highest BCUT2D eigenvalue weighted by atomic mass is 32.2. The predicted molar refractivity (Wildman–Crippen MR) is 81.0 cm³/mol. The number of ether oxygens (including phenoxy) is 1. The molecule has 0 fully saturated rings. The van der Waals surface area contributed by atoms with Gasteiger partial charge in [-0.05, 0) is 26.1 Å². The van der Waals surface area contributed by atoms with Crippen molar-refractivity contribution in [2.24, 2.45) is 0 Å². The first-order valence-electron chi connectivity index (χ1n) is 6.08. The lowest BCUT2D eigenvalue weighted by Crippen LogP contribution is -2.24. The highest BCUT2D eigenvalue weighted by molar-refractivity contribution is 8.03. The summed E-state index contributed by atoms with van der Waals surface area (Å²) >= 11 is 5.10. The Kier molecular flexibility index (Phi) is 9.04. The van der Waals surface area contributed by atoms with Gasteiger partial charge in [0, 0.05) is 25.0 Å². The molecule has 1 atom stereocenters. The molecule has 0 aromatic carbocycles. The number of nitrogens with one attached hydrogen (secondary N) is 1. The third-order valence-corrected chi connectivity index (χ3v) is 5.23. The maximum Gasteiger partial charge on any atom is 0.175 e. The van der Waals surface area contributed by atoms with Gasteiger partial charge in [-0.1, -0.05) is 41.8 Å². The molecule has 104 valence electrons. The molecule has 0 aliphatic rings. The second kappa shape index (κ2) is 10.0. The summed E-state index contributed by atoms with van der Waals surface area (Å²) in [7, 11) is 0. The van der Waals surface area contributed by atoms with Crippen LogP contribution in [-0.2, 0) is 4.74 Å². The van der Waals surface area contributed by atoms with Crippen molar-refractivity contribution in [1.29, 1.82) is 0 Å². The average Bonchev–Trinajstić information content (AvgIpc) is 2.81. The van der Waals surface area contributed by atoms with Crippen molar-refractivity contribution in [3.05, 3.63) is 0 Å². The maximum atomic E-state index is 5.29. The number of aromatic nitrogens is 2. The largest absolute Gasteiger partial charge is 0.382 e. The molecular weight excluding hydrogens is 286 g/mol. The summed E-state index contributed by atoms with van der Waals surface area (Å²) < 4.78 is 7.38. The van der Waals surface area contributed by atoms with E-state index in [9.17, 15) is 0 Å². The van der Waals surface area contributed by atoms with Crippen LogP contribution in [0.25, 0.3) is 0 Å². The molecule has 7 heteroatoms. The second-order valence-electron chi connectivity index (χ2n) is 3.72. The van der Waals surface area contributed by atoms with Crippen LogP contribution in [0.4, 0.5) is 0 Å². The zero-order valence-corrected chi connectivity index (χ0v) is 13.6. The van der Waals surface area contributed by atoms with Crippen molar-refractivity contribution in [2.75, 3.05) is 32.6 Å². The van der Waals surface area contributed by atoms with Gasteiger partial charge in [-0.3, -0.25) is 0 Å². The lowest BCUT2D eigenvalue weighted by Gasteiger charge is -2.10. The SMILES string of the molecule is CCOCCCNCC(C)Sc1nnc(SC)s1. The molecule has 0 radical (unpaired) electrons. The van der Waals surface area contributed by atoms with E-state index >= 15 is 0 Å². The molecule has 0 saturated heterocycles. The summed E-state index contributed by atoms with van der Waals surface area (Å²) in [4.78, 5) is 0. The first-order valence-corrected chi connectivity index (χ1v) is 9.01. The molecular formula is C11H21N3OS3. The van der Waals surface area contributed by atoms with E-state index in [2.05, 4.69) is 22.4 Å². The minimum absolute atomic E-state index is 0.514. The first-order chi connectivity index (χ1) is 8.76. The maximum absolute atomic E-state index is 5.29. The van der Waals surface area contributed by atoms with Gasteiger partial charge < -0.3 is 10.1 Å². The van der Waals surface area contributed by atoms with Crippen LogP contribution in [0.1, 0.15) is 20.3 Å². The summed E-state index contributed by atoms with van der Waals surface area (Å²) in [6.45, 7) is 7.89. The molecule has 0 spiro atoms. The molecule has 1 aromatic heterocycles. The summed E-state index contributed by atoms with van der Waals surface area (Å²) in [5, 5.41) is 12.2. The predicted octanol–water partition coefficient (Wildman–Crippen LogP) is 2.76. The van der Waals surface area contributed by atoms with Crippen LogP contribution in [-0.4, -0.2) is 48.0 Å². The van der Waals surface area contributed by atoms with E-state index in [4.69, 9.17) is 4.74 Å². The Hall–Kier alpha value is 0.180. The zero-order valence-electron chi connectivity index (χ0n) is 11.1. The van der Waals surface area contributed by atoms with Gasteiger partial charge in [-0.2, -0.15) is 0 Å². The quantitative estimate of drug-likeness (QED) is 0.530. The van der Waals surface area contributed by atoms with Crippen LogP contribution in [0.5, 0.6) is 0 Å². The van der Waals surface area contributed by atoms with Crippen LogP contribution < -0.4 is 5.32 Å². The average molecular weight is 308 g/mol. The van der Waals surface area contributed by atoms with E-state index in [-0.39, 0.29) is 0 Å². The van der Waals surface area contributed by atoms with Crippen molar-refractivity contribution in [2.45, 2.75) is 34.2 Å². The Morgan fingerprint density at radius 1 is 1.39 bits per heavy atom. The van der Waals surface area contributed by atoms with Gasteiger partial charge in [0.05, 0.1) is 0 Å². The topological polar surface area (TPSA) is 47.0 Å². The molecule has 0 amide bonds. The Balaban J connectivity index is 2.08. The zero-order chi connectivity index (χ0) is 13.2. The van der Waals surface area contributed by atoms with Crippen LogP contribution >= 0.6 is 34.9 Å². The van der Waals surface area contributed by atoms with Gasteiger partial charge in [-0.25, -0.2) is 0 Å². The molecule has 0 aliphatic carbocycles. The molecule has 1 N–H and O–H groups in total. The summed E-state index contributed by atoms with van der Waals surface area (Å²) in [6, 6.07) is 0. The van der Waals surface area contributed by atoms with Gasteiger partial charge in [0.25, 0.3) is 0 Å². The molecule has 0 saturated carbocycles. The van der Waals surface area contributed by atoms with E-state index in [1.165, 1.54) is 0 Å². The molecule has 1 aromatic rings. The fourth-order valence-corrected chi connectivity index (χ4v) is 4.01. The van der Waals surface area contributed by atoms with Gasteiger partial charge in [0.1, 0.15) is 0 Å². The Morgan fingerprint density at radius 2 is 2.17 bits per heavy atom. The molecule has 1 unspecified atom stereocenters. The van der Waals surface area contributed by atoms with E-state index in [0.717, 1.165) is 41.4 Å². The van der Waals surface area contributed by atoms with Gasteiger partial charge in [0.15, 0.2) is 8.68 Å². The van der Waals surface area contributed by atoms with E-state index in [0.29, 0.717) is 5.25 Å². The number of rotatable bonds is 10. The van der Waals surface area contributed by atoms with Crippen molar-refractivity contribution in [3.63, 3.8) is 0 Å². The second-order valence-corrected chi connectivity index (χ2v) is 7.44. The number of hydrogen-bond acceptors (Lipinski definition) is 7. The first kappa shape index (κ1) is 16.2. The lowest BCUT2D eigenvalue weighted by atomic mass is 10.4. The number of thioether (sulfide) groups is 2. The van der Waals surface area contributed by atoms with Crippen LogP contribution in [0.3, 0.4) is 0 Å². The third-order valence-electron chi connectivity index (χ3n) is 2.14. The molecule has 18 heavy (non-hydrogen) atoms. The minimum atomic E-state index is 0.514. The monoisotopic (exact) mass is 307 g/mol. The Bertz CT molecular complexity index is 322. The molecule has 0 aliphatic heterocycles. The van der Waals surface area contributed by atoms with Crippen LogP contribution in [0.2, 0.25) is 0 Å². The minimum Gasteiger partial charge on any atom is -0.382 e. The van der Waals surface area contributed by atoms with Crippen LogP contribution in [0, 0.1) is 0 Å². The smallest absolute Gasteiger partial charge is 0.175 e.